The molecule has 0 unspecified atom stereocenters. The topological polar surface area (TPSA) is 130 Å². The lowest BCUT2D eigenvalue weighted by Gasteiger charge is -2.26. The van der Waals surface area contributed by atoms with Crippen molar-refractivity contribution in [3.8, 4) is 0 Å². The second-order valence-corrected chi connectivity index (χ2v) is 10.9. The van der Waals surface area contributed by atoms with E-state index in [0.717, 1.165) is 27.3 Å². The van der Waals surface area contributed by atoms with E-state index in [9.17, 15) is 26.8 Å². The number of hydrogen-bond donors (Lipinski definition) is 2. The normalized spacial score (nSPS) is 13.7. The van der Waals surface area contributed by atoms with Crippen molar-refractivity contribution in [3.05, 3.63) is 83.7 Å². The lowest BCUT2D eigenvalue weighted by molar-refractivity contribution is -0.120. The number of nitrogens with one attached hydrogen (secondary N) is 2. The molecule has 1 aliphatic rings. The molecule has 0 spiro atoms. The number of aryl methyl sites for hydroxylation is 1. The van der Waals surface area contributed by atoms with E-state index in [0.29, 0.717) is 23.7 Å². The summed E-state index contributed by atoms with van der Waals surface area (Å²) in [6.07, 6.45) is 3.18. The van der Waals surface area contributed by atoms with Crippen LogP contribution < -0.4 is 19.2 Å². The number of carbonyl (C=O) groups is 2. The molecule has 1 aliphatic heterocycles. The van der Waals surface area contributed by atoms with E-state index in [4.69, 9.17) is 0 Å². The summed E-state index contributed by atoms with van der Waals surface area (Å²) >= 11 is 0. The number of urea groups is 1. The van der Waals surface area contributed by atoms with Crippen LogP contribution in [-0.2, 0) is 34.9 Å². The van der Waals surface area contributed by atoms with Gasteiger partial charge in [-0.05, 0) is 53.9 Å². The Kier molecular flexibility index (Phi) is 7.10. The van der Waals surface area contributed by atoms with Crippen LogP contribution in [0, 0.1) is 11.6 Å². The number of halogens is 2. The van der Waals surface area contributed by atoms with Crippen LogP contribution in [0.3, 0.4) is 0 Å². The number of hydrogen-bond acceptors (Lipinski definition) is 6. The molecule has 3 amide bonds. The molecule has 0 bridgehead atoms. The van der Waals surface area contributed by atoms with Gasteiger partial charge in [0.05, 0.1) is 11.7 Å². The molecule has 2 N–H and O–H groups in total. The first kappa shape index (κ1) is 27.0. The van der Waals surface area contributed by atoms with Crippen LogP contribution >= 0.6 is 0 Å². The van der Waals surface area contributed by atoms with Gasteiger partial charge in [-0.25, -0.2) is 27.6 Å². The van der Waals surface area contributed by atoms with Crippen molar-refractivity contribution in [2.45, 2.75) is 18.9 Å². The van der Waals surface area contributed by atoms with Crippen molar-refractivity contribution in [1.82, 2.24) is 24.8 Å². The average molecular weight is 570 g/mol. The summed E-state index contributed by atoms with van der Waals surface area (Å²) < 4.78 is 58.3. The molecule has 2 aromatic heterocycles. The molecule has 1 atom stereocenters. The van der Waals surface area contributed by atoms with Gasteiger partial charge in [0.2, 0.25) is 5.91 Å². The van der Waals surface area contributed by atoms with Crippen LogP contribution in [0.15, 0.2) is 60.9 Å². The summed E-state index contributed by atoms with van der Waals surface area (Å²) in [5, 5.41) is 7.31. The van der Waals surface area contributed by atoms with E-state index in [-0.39, 0.29) is 24.3 Å². The molecule has 2 aromatic carbocycles. The number of pyridine rings is 1. The van der Waals surface area contributed by atoms with Gasteiger partial charge in [0.25, 0.3) is 0 Å². The summed E-state index contributed by atoms with van der Waals surface area (Å²) in [5.41, 5.74) is 2.10. The maximum absolute atomic E-state index is 13.9. The van der Waals surface area contributed by atoms with E-state index in [1.54, 1.807) is 48.3 Å². The Morgan fingerprint density at radius 1 is 1.12 bits per heavy atom. The molecule has 0 fully saturated rings. The molecule has 208 valence electrons. The molecular formula is C26H25F2N7O4S. The first-order chi connectivity index (χ1) is 19.0. The molecular weight excluding hydrogens is 544 g/mol. The number of aromatic nitrogens is 3. The highest BCUT2D eigenvalue weighted by atomic mass is 32.2. The van der Waals surface area contributed by atoms with Crippen molar-refractivity contribution >= 4 is 44.6 Å². The lowest BCUT2D eigenvalue weighted by atomic mass is 10.0. The van der Waals surface area contributed by atoms with Crippen molar-refractivity contribution in [2.75, 3.05) is 22.8 Å². The van der Waals surface area contributed by atoms with Crippen LogP contribution in [0.1, 0.15) is 11.1 Å². The number of nitrogens with zero attached hydrogens (tertiary/aromatic N) is 5. The van der Waals surface area contributed by atoms with Gasteiger partial charge in [-0.3, -0.25) is 9.48 Å². The van der Waals surface area contributed by atoms with Gasteiger partial charge in [0.15, 0.2) is 0 Å². The standard InChI is InChI=1S/C26H25F2N7O4S/c1-33(21-5-6-23-18(13-21)15-30-34(23)2)25(36)22(12-16-10-19(27)14-20(28)11-16)31-26(37)32-40(38,39)35-9-7-17-4-3-8-29-24(17)35/h3-6,8,10-11,13-15,22H,7,9,12H2,1-2H3,(H2,31,32,37)/t22-/m0/s1. The van der Waals surface area contributed by atoms with E-state index in [1.165, 1.54) is 18.1 Å². The zero-order valence-corrected chi connectivity index (χ0v) is 22.3. The first-order valence-corrected chi connectivity index (χ1v) is 13.6. The molecule has 0 saturated carbocycles. The Morgan fingerprint density at radius 3 is 2.62 bits per heavy atom. The highest BCUT2D eigenvalue weighted by molar-refractivity contribution is 7.91. The SMILES string of the molecule is CN(C(=O)[C@H](Cc1cc(F)cc(F)c1)NC(=O)NS(=O)(=O)N1CCc2cccnc21)c1ccc2c(cnn2C)c1. The minimum absolute atomic E-state index is 0.0828. The van der Waals surface area contributed by atoms with Gasteiger partial charge in [0, 0.05) is 50.4 Å². The fraction of sp³-hybridized carbons (Fsp3) is 0.231. The second kappa shape index (κ2) is 10.5. The number of fused-ring (bicyclic) bond motifs is 2. The average Bonchev–Trinajstić information content (AvgIpc) is 3.50. The van der Waals surface area contributed by atoms with Gasteiger partial charge >= 0.3 is 16.2 Å². The Labute approximate surface area is 228 Å². The molecule has 11 nitrogen and oxygen atoms in total. The smallest absolute Gasteiger partial charge is 0.325 e. The quantitative estimate of drug-likeness (QED) is 0.352. The van der Waals surface area contributed by atoms with Crippen molar-refractivity contribution in [2.24, 2.45) is 7.05 Å². The van der Waals surface area contributed by atoms with Crippen LogP contribution in [-0.4, -0.2) is 54.8 Å². The predicted octanol–water partition coefficient (Wildman–Crippen LogP) is 2.43. The van der Waals surface area contributed by atoms with Crippen LogP contribution in [0.25, 0.3) is 10.9 Å². The van der Waals surface area contributed by atoms with Gasteiger partial charge in [-0.1, -0.05) is 6.07 Å². The highest BCUT2D eigenvalue weighted by Gasteiger charge is 2.33. The molecule has 0 radical (unpaired) electrons. The lowest BCUT2D eigenvalue weighted by Crippen LogP contribution is -2.54. The van der Waals surface area contributed by atoms with Gasteiger partial charge in [0.1, 0.15) is 23.5 Å². The summed E-state index contributed by atoms with van der Waals surface area (Å²) in [6.45, 7) is 0.0828. The van der Waals surface area contributed by atoms with Crippen LogP contribution in [0.4, 0.5) is 25.1 Å². The maximum atomic E-state index is 13.9. The maximum Gasteiger partial charge on any atom is 0.330 e. The fourth-order valence-corrected chi connectivity index (χ4v) is 5.78. The van der Waals surface area contributed by atoms with E-state index < -0.39 is 39.8 Å². The van der Waals surface area contributed by atoms with E-state index in [1.807, 2.05) is 4.72 Å². The largest absolute Gasteiger partial charge is 0.330 e. The van der Waals surface area contributed by atoms with Gasteiger partial charge < -0.3 is 10.2 Å². The van der Waals surface area contributed by atoms with Crippen molar-refractivity contribution < 1.29 is 26.8 Å². The van der Waals surface area contributed by atoms with Crippen LogP contribution in [0.5, 0.6) is 0 Å². The summed E-state index contributed by atoms with van der Waals surface area (Å²) in [6, 6.07) is 8.79. The number of benzene rings is 2. The molecule has 0 saturated heterocycles. The second-order valence-electron chi connectivity index (χ2n) is 9.33. The molecule has 4 aromatic rings. The van der Waals surface area contributed by atoms with Gasteiger partial charge in [-0.2, -0.15) is 13.5 Å². The summed E-state index contributed by atoms with van der Waals surface area (Å²) in [4.78, 5) is 31.9. The molecule has 0 aliphatic carbocycles. The Balaban J connectivity index is 1.39. The third kappa shape index (κ3) is 5.43. The Hall–Kier alpha value is -4.59. The monoisotopic (exact) mass is 569 g/mol. The molecule has 14 heteroatoms. The van der Waals surface area contributed by atoms with Gasteiger partial charge in [-0.15, -0.1) is 0 Å². The number of carbonyl (C=O) groups excluding carboxylic acids is 2. The summed E-state index contributed by atoms with van der Waals surface area (Å²) in [5.74, 6) is -2.16. The minimum Gasteiger partial charge on any atom is -0.325 e. The van der Waals surface area contributed by atoms with Crippen molar-refractivity contribution in [1.29, 1.82) is 0 Å². The predicted molar refractivity (Wildman–Crippen MR) is 144 cm³/mol. The third-order valence-corrected chi connectivity index (χ3v) is 7.99. The number of likely N-dealkylation sites (N-methyl/N-ethyl adjacent to an activating group) is 1. The van der Waals surface area contributed by atoms with E-state index >= 15 is 0 Å². The van der Waals surface area contributed by atoms with E-state index in [2.05, 4.69) is 15.4 Å². The fourth-order valence-electron chi connectivity index (χ4n) is 4.66. The number of amides is 3. The highest BCUT2D eigenvalue weighted by Crippen LogP contribution is 2.27. The molecule has 40 heavy (non-hydrogen) atoms. The number of rotatable bonds is 7. The zero-order chi connectivity index (χ0) is 28.6. The van der Waals surface area contributed by atoms with Crippen LogP contribution in [0.2, 0.25) is 0 Å². The zero-order valence-electron chi connectivity index (χ0n) is 21.5. The van der Waals surface area contributed by atoms with Crippen molar-refractivity contribution in [3.63, 3.8) is 0 Å². The third-order valence-electron chi connectivity index (χ3n) is 6.61. The first-order valence-electron chi connectivity index (χ1n) is 12.2. The molecule has 3 heterocycles. The minimum atomic E-state index is -4.37. The Morgan fingerprint density at radius 2 is 1.88 bits per heavy atom. The molecule has 5 rings (SSSR count). The number of anilines is 2. The summed E-state index contributed by atoms with van der Waals surface area (Å²) in [7, 11) is -1.12. The Bertz CT molecular complexity index is 1710.